The molecule has 1 N–H and O–H groups in total. The van der Waals surface area contributed by atoms with Crippen LogP contribution in [0, 0.1) is 25.5 Å². The molecule has 0 unspecified atom stereocenters. The van der Waals surface area contributed by atoms with Crippen molar-refractivity contribution in [3.8, 4) is 0 Å². The number of benzene rings is 3. The smallest absolute Gasteiger partial charge is 0.244 e. The van der Waals surface area contributed by atoms with E-state index in [1.54, 1.807) is 24.3 Å². The number of fused-ring (bicyclic) bond motifs is 1. The van der Waals surface area contributed by atoms with E-state index in [1.165, 1.54) is 10.8 Å². The van der Waals surface area contributed by atoms with Crippen LogP contribution in [-0.4, -0.2) is 18.9 Å². The van der Waals surface area contributed by atoms with Crippen molar-refractivity contribution in [2.45, 2.75) is 31.0 Å². The van der Waals surface area contributed by atoms with Crippen molar-refractivity contribution < 1.29 is 22.0 Å². The summed E-state index contributed by atoms with van der Waals surface area (Å²) < 4.78 is 55.2. The minimum Gasteiger partial charge on any atom is -0.337 e. The van der Waals surface area contributed by atoms with Gasteiger partial charge < -0.3 is 9.88 Å². The molecule has 0 atom stereocenters. The van der Waals surface area contributed by atoms with Crippen molar-refractivity contribution >= 4 is 32.3 Å². The molecule has 1 aromatic heterocycles. The van der Waals surface area contributed by atoms with Gasteiger partial charge in [-0.3, -0.25) is 4.79 Å². The molecule has 0 saturated carbocycles. The third kappa shape index (κ3) is 4.80. The van der Waals surface area contributed by atoms with E-state index in [-0.39, 0.29) is 22.9 Å². The summed E-state index contributed by atoms with van der Waals surface area (Å²) in [6, 6.07) is 15.4. The summed E-state index contributed by atoms with van der Waals surface area (Å²) in [5, 5.41) is 2.90. The number of halogens is 2. The predicted octanol–water partition coefficient (Wildman–Crippen LogP) is 5.15. The lowest BCUT2D eigenvalue weighted by Gasteiger charge is -2.08. The Morgan fingerprint density at radius 2 is 1.76 bits per heavy atom. The van der Waals surface area contributed by atoms with Crippen molar-refractivity contribution in [2.24, 2.45) is 0 Å². The Morgan fingerprint density at radius 1 is 1.00 bits per heavy atom. The number of rotatable bonds is 6. The number of nitrogens with one attached hydrogen (secondary N) is 1. The number of aromatic nitrogens is 1. The van der Waals surface area contributed by atoms with Gasteiger partial charge in [0.1, 0.15) is 18.2 Å². The van der Waals surface area contributed by atoms with Gasteiger partial charge in [0.25, 0.3) is 0 Å². The Hall–Kier alpha value is -3.52. The molecule has 1 amide bonds. The maximum Gasteiger partial charge on any atom is 0.244 e. The SMILES string of the molecule is Cc1ccc(C)c(CS(=O)(=O)c2cn(CC(=O)Nc3ccc(F)cc3F)c3ccccc23)c1. The van der Waals surface area contributed by atoms with Crippen LogP contribution in [0.25, 0.3) is 10.9 Å². The summed E-state index contributed by atoms with van der Waals surface area (Å²) in [6.07, 6.45) is 1.44. The zero-order valence-corrected chi connectivity index (χ0v) is 18.9. The molecule has 5 nitrogen and oxygen atoms in total. The maximum atomic E-state index is 13.9. The van der Waals surface area contributed by atoms with Crippen LogP contribution in [0.5, 0.6) is 0 Å². The van der Waals surface area contributed by atoms with E-state index in [4.69, 9.17) is 0 Å². The third-order valence-electron chi connectivity index (χ3n) is 5.46. The van der Waals surface area contributed by atoms with Crippen LogP contribution in [0.3, 0.4) is 0 Å². The van der Waals surface area contributed by atoms with Gasteiger partial charge in [-0.05, 0) is 43.2 Å². The molecule has 4 aromatic rings. The lowest BCUT2D eigenvalue weighted by atomic mass is 10.1. The summed E-state index contributed by atoms with van der Waals surface area (Å²) in [7, 11) is -3.72. The van der Waals surface area contributed by atoms with E-state index in [1.807, 2.05) is 32.0 Å². The van der Waals surface area contributed by atoms with Gasteiger partial charge in [-0.1, -0.05) is 42.0 Å². The van der Waals surface area contributed by atoms with Gasteiger partial charge in [0.15, 0.2) is 9.84 Å². The van der Waals surface area contributed by atoms with Gasteiger partial charge in [-0.2, -0.15) is 0 Å². The number of anilines is 1. The number of nitrogens with zero attached hydrogens (tertiary/aromatic N) is 1. The molecule has 8 heteroatoms. The number of amides is 1. The van der Waals surface area contributed by atoms with Crippen LogP contribution in [0.1, 0.15) is 16.7 Å². The Morgan fingerprint density at radius 3 is 2.52 bits per heavy atom. The summed E-state index contributed by atoms with van der Waals surface area (Å²) in [5.74, 6) is -2.38. The largest absolute Gasteiger partial charge is 0.337 e. The molecule has 0 aliphatic heterocycles. The summed E-state index contributed by atoms with van der Waals surface area (Å²) >= 11 is 0. The van der Waals surface area contributed by atoms with Gasteiger partial charge in [0.05, 0.1) is 16.3 Å². The van der Waals surface area contributed by atoms with Crippen molar-refractivity contribution in [3.05, 3.63) is 95.2 Å². The van der Waals surface area contributed by atoms with Gasteiger partial charge in [0, 0.05) is 23.2 Å². The average Bonchev–Trinajstić information content (AvgIpc) is 3.12. The van der Waals surface area contributed by atoms with E-state index >= 15 is 0 Å². The van der Waals surface area contributed by atoms with E-state index in [0.717, 1.165) is 28.8 Å². The molecular weight excluding hydrogens is 446 g/mol. The number of carbonyl (C=O) groups is 1. The fourth-order valence-electron chi connectivity index (χ4n) is 3.77. The molecule has 33 heavy (non-hydrogen) atoms. The van der Waals surface area contributed by atoms with Crippen molar-refractivity contribution in [1.82, 2.24) is 4.57 Å². The number of aryl methyl sites for hydroxylation is 2. The Labute approximate surface area is 190 Å². The highest BCUT2D eigenvalue weighted by atomic mass is 32.2. The fraction of sp³-hybridized carbons (Fsp3) is 0.160. The molecule has 4 rings (SSSR count). The lowest BCUT2D eigenvalue weighted by Crippen LogP contribution is -2.19. The average molecular weight is 469 g/mol. The minimum absolute atomic E-state index is 0.125. The summed E-state index contributed by atoms with van der Waals surface area (Å²) in [4.78, 5) is 12.7. The lowest BCUT2D eigenvalue weighted by molar-refractivity contribution is -0.116. The van der Waals surface area contributed by atoms with Crippen molar-refractivity contribution in [2.75, 3.05) is 5.32 Å². The van der Waals surface area contributed by atoms with Crippen LogP contribution in [0.15, 0.2) is 71.8 Å². The molecule has 3 aromatic carbocycles. The summed E-state index contributed by atoms with van der Waals surface area (Å²) in [5.41, 5.74) is 2.98. The predicted molar refractivity (Wildman–Crippen MR) is 124 cm³/mol. The second-order valence-corrected chi connectivity index (χ2v) is 9.96. The Balaban J connectivity index is 1.66. The van der Waals surface area contributed by atoms with Crippen molar-refractivity contribution in [1.29, 1.82) is 0 Å². The van der Waals surface area contributed by atoms with Crippen LogP contribution < -0.4 is 5.32 Å². The van der Waals surface area contributed by atoms with Crippen LogP contribution in [0.4, 0.5) is 14.5 Å². The standard InChI is InChI=1S/C25H22F2N2O3S/c1-16-7-8-17(2)18(11-16)15-33(31,32)24-13-29(23-6-4-3-5-20(23)24)14-25(30)28-22-10-9-19(26)12-21(22)27/h3-13H,14-15H2,1-2H3,(H,28,30). The number of para-hydroxylation sites is 1. The quantitative estimate of drug-likeness (QED) is 0.426. The fourth-order valence-corrected chi connectivity index (χ4v) is 5.44. The molecule has 0 saturated heterocycles. The first-order chi connectivity index (χ1) is 15.6. The van der Waals surface area contributed by atoms with Gasteiger partial charge in [0.2, 0.25) is 5.91 Å². The number of sulfone groups is 1. The maximum absolute atomic E-state index is 13.9. The van der Waals surface area contributed by atoms with E-state index in [2.05, 4.69) is 5.32 Å². The van der Waals surface area contributed by atoms with Crippen LogP contribution in [0.2, 0.25) is 0 Å². The molecule has 0 aliphatic rings. The molecule has 0 spiro atoms. The molecule has 0 fully saturated rings. The van der Waals surface area contributed by atoms with Gasteiger partial charge in [-0.25, -0.2) is 17.2 Å². The van der Waals surface area contributed by atoms with Crippen LogP contribution in [-0.2, 0) is 26.9 Å². The highest BCUT2D eigenvalue weighted by molar-refractivity contribution is 7.90. The molecule has 0 radical (unpaired) electrons. The van der Waals surface area contributed by atoms with E-state index < -0.39 is 27.4 Å². The highest BCUT2D eigenvalue weighted by Gasteiger charge is 2.23. The van der Waals surface area contributed by atoms with E-state index in [0.29, 0.717) is 17.0 Å². The Bertz CT molecular complexity index is 1480. The van der Waals surface area contributed by atoms with Gasteiger partial charge >= 0.3 is 0 Å². The first-order valence-electron chi connectivity index (χ1n) is 10.3. The Kier molecular flexibility index (Phi) is 6.03. The zero-order chi connectivity index (χ0) is 23.8. The molecule has 0 bridgehead atoms. The third-order valence-corrected chi connectivity index (χ3v) is 7.14. The second kappa shape index (κ2) is 8.78. The normalized spacial score (nSPS) is 11.6. The molecule has 1 heterocycles. The van der Waals surface area contributed by atoms with Gasteiger partial charge in [-0.15, -0.1) is 0 Å². The molecule has 0 aliphatic carbocycles. The van der Waals surface area contributed by atoms with E-state index in [9.17, 15) is 22.0 Å². The number of hydrogen-bond donors (Lipinski definition) is 1. The van der Waals surface area contributed by atoms with Crippen molar-refractivity contribution in [3.63, 3.8) is 0 Å². The summed E-state index contributed by atoms with van der Waals surface area (Å²) in [6.45, 7) is 3.53. The topological polar surface area (TPSA) is 68.2 Å². The molecular formula is C25H22F2N2O3S. The molecule has 170 valence electrons. The first kappa shape index (κ1) is 22.7. The number of hydrogen-bond acceptors (Lipinski definition) is 3. The minimum atomic E-state index is -3.72. The first-order valence-corrected chi connectivity index (χ1v) is 11.9. The zero-order valence-electron chi connectivity index (χ0n) is 18.1. The number of carbonyl (C=O) groups excluding carboxylic acids is 1. The monoisotopic (exact) mass is 468 g/mol. The highest BCUT2D eigenvalue weighted by Crippen LogP contribution is 2.29. The van der Waals surface area contributed by atoms with Crippen LogP contribution >= 0.6 is 0 Å². The second-order valence-electron chi connectivity index (χ2n) is 8.00.